The summed E-state index contributed by atoms with van der Waals surface area (Å²) in [4.78, 5) is 4.63. The van der Waals surface area contributed by atoms with E-state index in [1.54, 1.807) is 25.3 Å². The van der Waals surface area contributed by atoms with Gasteiger partial charge in [-0.2, -0.15) is 0 Å². The van der Waals surface area contributed by atoms with E-state index in [0.717, 1.165) is 39.1 Å². The van der Waals surface area contributed by atoms with Gasteiger partial charge in [0, 0.05) is 31.7 Å². The molecule has 6 heteroatoms. The number of benzene rings is 1. The van der Waals surface area contributed by atoms with Gasteiger partial charge >= 0.3 is 0 Å². The summed E-state index contributed by atoms with van der Waals surface area (Å²) in [5.41, 5.74) is 1.52. The summed E-state index contributed by atoms with van der Waals surface area (Å²) in [5.74, 6) is 1.21. The first-order valence-electron chi connectivity index (χ1n) is 10.4. The van der Waals surface area contributed by atoms with E-state index in [2.05, 4.69) is 46.8 Å². The molecule has 2 heterocycles. The van der Waals surface area contributed by atoms with Crippen LogP contribution in [-0.4, -0.2) is 43.9 Å². The van der Waals surface area contributed by atoms with Crippen LogP contribution >= 0.6 is 0 Å². The highest BCUT2D eigenvalue weighted by atomic mass is 16.5. The first kappa shape index (κ1) is 21.4. The molecule has 2 aromatic rings. The SMILES string of the molecule is CCNC(=NCC(C)(O)c1ccco1)NCC1(c2ccccc2C)CCOCC1. The Hall–Kier alpha value is -2.31. The smallest absolute Gasteiger partial charge is 0.191 e. The number of nitrogens with zero attached hydrogens (tertiary/aromatic N) is 1. The molecule has 3 rings (SSSR count). The highest BCUT2D eigenvalue weighted by Gasteiger charge is 2.35. The Morgan fingerprint density at radius 3 is 2.59 bits per heavy atom. The normalized spacial score (nSPS) is 18.8. The van der Waals surface area contributed by atoms with Crippen molar-refractivity contribution in [1.82, 2.24) is 10.6 Å². The van der Waals surface area contributed by atoms with Crippen LogP contribution in [0, 0.1) is 6.92 Å². The highest BCUT2D eigenvalue weighted by Crippen LogP contribution is 2.36. The fourth-order valence-electron chi connectivity index (χ4n) is 3.96. The van der Waals surface area contributed by atoms with E-state index in [4.69, 9.17) is 9.15 Å². The standard InChI is InChI=1S/C23H33N3O3/c1-4-24-21(25-16-22(3,27)20-10-7-13-29-20)26-17-23(11-14-28-15-12-23)19-9-6-5-8-18(19)2/h5-10,13,27H,4,11-12,14-17H2,1-3H3,(H2,24,25,26). The Kier molecular flexibility index (Phi) is 6.98. The maximum atomic E-state index is 10.7. The second-order valence-electron chi connectivity index (χ2n) is 8.01. The lowest BCUT2D eigenvalue weighted by Crippen LogP contribution is -2.48. The number of guanidine groups is 1. The lowest BCUT2D eigenvalue weighted by atomic mass is 9.72. The van der Waals surface area contributed by atoms with Gasteiger partial charge < -0.3 is 24.9 Å². The van der Waals surface area contributed by atoms with Gasteiger partial charge in [-0.15, -0.1) is 0 Å². The number of hydrogen-bond donors (Lipinski definition) is 3. The Balaban J connectivity index is 1.76. The van der Waals surface area contributed by atoms with Crippen LogP contribution in [0.5, 0.6) is 0 Å². The number of rotatable bonds is 7. The molecule has 0 bridgehead atoms. The Morgan fingerprint density at radius 1 is 1.17 bits per heavy atom. The van der Waals surface area contributed by atoms with Crippen molar-refractivity contribution in [3.8, 4) is 0 Å². The molecule has 1 aromatic heterocycles. The van der Waals surface area contributed by atoms with Crippen LogP contribution in [-0.2, 0) is 15.8 Å². The quantitative estimate of drug-likeness (QED) is 0.493. The zero-order chi connectivity index (χ0) is 20.7. The van der Waals surface area contributed by atoms with E-state index in [1.165, 1.54) is 11.1 Å². The van der Waals surface area contributed by atoms with Crippen molar-refractivity contribution in [1.29, 1.82) is 0 Å². The molecule has 1 aromatic carbocycles. The van der Waals surface area contributed by atoms with Gasteiger partial charge in [0.2, 0.25) is 0 Å². The molecule has 0 aliphatic carbocycles. The first-order valence-corrected chi connectivity index (χ1v) is 10.4. The number of hydrogen-bond acceptors (Lipinski definition) is 4. The second kappa shape index (κ2) is 9.46. The van der Waals surface area contributed by atoms with Gasteiger partial charge in [0.25, 0.3) is 0 Å². The lowest BCUT2D eigenvalue weighted by molar-refractivity contribution is 0.0435. The van der Waals surface area contributed by atoms with Gasteiger partial charge in [0.05, 0.1) is 12.8 Å². The third-order valence-electron chi connectivity index (χ3n) is 5.70. The van der Waals surface area contributed by atoms with E-state index in [-0.39, 0.29) is 12.0 Å². The van der Waals surface area contributed by atoms with Crippen LogP contribution in [0.1, 0.15) is 43.6 Å². The fourth-order valence-corrected chi connectivity index (χ4v) is 3.96. The largest absolute Gasteiger partial charge is 0.466 e. The van der Waals surface area contributed by atoms with E-state index in [0.29, 0.717) is 11.7 Å². The molecule has 29 heavy (non-hydrogen) atoms. The number of ether oxygens (including phenoxy) is 1. The van der Waals surface area contributed by atoms with Crippen molar-refractivity contribution in [3.05, 3.63) is 59.5 Å². The van der Waals surface area contributed by atoms with Gasteiger partial charge in [-0.3, -0.25) is 0 Å². The zero-order valence-corrected chi connectivity index (χ0v) is 17.7. The van der Waals surface area contributed by atoms with Crippen molar-refractivity contribution in [3.63, 3.8) is 0 Å². The minimum atomic E-state index is -1.15. The molecule has 1 aliphatic rings. The fraction of sp³-hybridized carbons (Fsp3) is 0.522. The van der Waals surface area contributed by atoms with Gasteiger partial charge in [0.15, 0.2) is 5.96 Å². The third-order valence-corrected chi connectivity index (χ3v) is 5.70. The van der Waals surface area contributed by atoms with Crippen LogP contribution < -0.4 is 10.6 Å². The summed E-state index contributed by atoms with van der Waals surface area (Å²) in [6.45, 7) is 9.15. The molecule has 1 saturated heterocycles. The van der Waals surface area contributed by atoms with E-state index < -0.39 is 5.60 Å². The second-order valence-corrected chi connectivity index (χ2v) is 8.01. The molecule has 1 aliphatic heterocycles. The van der Waals surface area contributed by atoms with Gasteiger partial charge in [-0.25, -0.2) is 4.99 Å². The summed E-state index contributed by atoms with van der Waals surface area (Å²) < 4.78 is 11.0. The molecule has 158 valence electrons. The summed E-state index contributed by atoms with van der Waals surface area (Å²) in [7, 11) is 0. The molecule has 1 fully saturated rings. The van der Waals surface area contributed by atoms with E-state index in [1.807, 2.05) is 6.92 Å². The molecule has 6 nitrogen and oxygen atoms in total. The number of aliphatic hydroxyl groups is 1. The number of furan rings is 1. The van der Waals surface area contributed by atoms with Gasteiger partial charge in [0.1, 0.15) is 11.4 Å². The maximum Gasteiger partial charge on any atom is 0.191 e. The van der Waals surface area contributed by atoms with Gasteiger partial charge in [-0.05, 0) is 56.9 Å². The predicted octanol–water partition coefficient (Wildman–Crippen LogP) is 3.10. The van der Waals surface area contributed by atoms with E-state index >= 15 is 0 Å². The molecular formula is C23H33N3O3. The number of nitrogens with one attached hydrogen (secondary N) is 2. The number of aliphatic imine (C=N–C) groups is 1. The topological polar surface area (TPSA) is 79.0 Å². The average molecular weight is 400 g/mol. The Labute approximate surface area is 173 Å². The van der Waals surface area contributed by atoms with Crippen molar-refractivity contribution in [2.24, 2.45) is 4.99 Å². The molecule has 3 N–H and O–H groups in total. The van der Waals surface area contributed by atoms with Gasteiger partial charge in [-0.1, -0.05) is 24.3 Å². The van der Waals surface area contributed by atoms with Crippen LogP contribution in [0.4, 0.5) is 0 Å². The average Bonchev–Trinajstić information content (AvgIpc) is 3.27. The van der Waals surface area contributed by atoms with Crippen LogP contribution in [0.2, 0.25) is 0 Å². The van der Waals surface area contributed by atoms with Crippen molar-refractivity contribution in [2.75, 3.05) is 32.8 Å². The van der Waals surface area contributed by atoms with Crippen LogP contribution in [0.15, 0.2) is 52.1 Å². The lowest BCUT2D eigenvalue weighted by Gasteiger charge is -2.39. The van der Waals surface area contributed by atoms with E-state index in [9.17, 15) is 5.11 Å². The summed E-state index contributed by atoms with van der Waals surface area (Å²) in [6.07, 6.45) is 3.50. The monoisotopic (exact) mass is 399 g/mol. The highest BCUT2D eigenvalue weighted by molar-refractivity contribution is 5.80. The predicted molar refractivity (Wildman–Crippen MR) is 115 cm³/mol. The van der Waals surface area contributed by atoms with Crippen molar-refractivity contribution >= 4 is 5.96 Å². The molecule has 1 unspecified atom stereocenters. The zero-order valence-electron chi connectivity index (χ0n) is 17.7. The third kappa shape index (κ3) is 5.19. The maximum absolute atomic E-state index is 10.7. The molecular weight excluding hydrogens is 366 g/mol. The first-order chi connectivity index (χ1) is 14.0. The van der Waals surface area contributed by atoms with Crippen LogP contribution in [0.3, 0.4) is 0 Å². The van der Waals surface area contributed by atoms with Crippen molar-refractivity contribution in [2.45, 2.75) is 44.6 Å². The summed E-state index contributed by atoms with van der Waals surface area (Å²) in [5, 5.41) is 17.5. The van der Waals surface area contributed by atoms with Crippen molar-refractivity contribution < 1.29 is 14.3 Å². The minimum Gasteiger partial charge on any atom is -0.466 e. The summed E-state index contributed by atoms with van der Waals surface area (Å²) in [6, 6.07) is 12.1. The molecule has 0 amide bonds. The van der Waals surface area contributed by atoms with Crippen LogP contribution in [0.25, 0.3) is 0 Å². The number of aryl methyl sites for hydroxylation is 1. The summed E-state index contributed by atoms with van der Waals surface area (Å²) >= 11 is 0. The minimum absolute atomic E-state index is 0.00329. The molecule has 1 atom stereocenters. The molecule has 0 spiro atoms. The molecule has 0 saturated carbocycles. The Bertz CT molecular complexity index is 793. The Morgan fingerprint density at radius 2 is 1.93 bits per heavy atom. The molecule has 0 radical (unpaired) electrons.